The molecule has 1 N–H and O–H groups in total. The molecule has 32 heavy (non-hydrogen) atoms. The van der Waals surface area contributed by atoms with Crippen molar-refractivity contribution in [2.75, 3.05) is 28.2 Å². The number of nitrogens with one attached hydrogen (secondary N) is 1. The molecule has 0 spiro atoms. The Labute approximate surface area is 191 Å². The Morgan fingerprint density at radius 1 is 1.31 bits per heavy atom. The van der Waals surface area contributed by atoms with Crippen molar-refractivity contribution in [1.82, 2.24) is 9.97 Å². The number of alkyl halides is 3. The summed E-state index contributed by atoms with van der Waals surface area (Å²) < 4.78 is 39.5. The van der Waals surface area contributed by atoms with E-state index >= 15 is 0 Å². The van der Waals surface area contributed by atoms with Gasteiger partial charge in [-0.05, 0) is 37.1 Å². The van der Waals surface area contributed by atoms with Crippen LogP contribution in [0.5, 0.6) is 0 Å². The molecule has 0 aliphatic carbocycles. The number of hydrogen-bond donors (Lipinski definition) is 1. The molecule has 7 nitrogen and oxygen atoms in total. The summed E-state index contributed by atoms with van der Waals surface area (Å²) in [6.45, 7) is 2.37. The van der Waals surface area contributed by atoms with Gasteiger partial charge in [0.05, 0.1) is 17.6 Å². The molecule has 2 amide bonds. The lowest BCUT2D eigenvalue weighted by atomic mass is 9.98. The van der Waals surface area contributed by atoms with Crippen LogP contribution in [0.3, 0.4) is 0 Å². The van der Waals surface area contributed by atoms with Gasteiger partial charge in [0.2, 0.25) is 0 Å². The first-order valence-corrected chi connectivity index (χ1v) is 11.0. The molecule has 0 radical (unpaired) electrons. The van der Waals surface area contributed by atoms with Crippen molar-refractivity contribution in [2.45, 2.75) is 38.4 Å². The van der Waals surface area contributed by atoms with Gasteiger partial charge in [-0.3, -0.25) is 15.0 Å². The van der Waals surface area contributed by atoms with Crippen LogP contribution in [0.1, 0.15) is 36.7 Å². The van der Waals surface area contributed by atoms with Gasteiger partial charge in [0.1, 0.15) is 11.5 Å². The molecule has 4 heterocycles. The molecular formula is C21H21BrF3N5O2. The molecule has 2 aliphatic rings. The number of anilines is 3. The van der Waals surface area contributed by atoms with Crippen molar-refractivity contribution in [2.24, 2.45) is 5.92 Å². The monoisotopic (exact) mass is 511 g/mol. The van der Waals surface area contributed by atoms with E-state index < -0.39 is 30.3 Å². The maximum Gasteiger partial charge on any atom is 0.391 e. The van der Waals surface area contributed by atoms with E-state index in [4.69, 9.17) is 0 Å². The van der Waals surface area contributed by atoms with Gasteiger partial charge in [-0.1, -0.05) is 22.9 Å². The van der Waals surface area contributed by atoms with Crippen LogP contribution in [0.2, 0.25) is 0 Å². The molecule has 2 bridgehead atoms. The third-order valence-electron chi connectivity index (χ3n) is 5.70. The van der Waals surface area contributed by atoms with Crippen LogP contribution in [0.4, 0.5) is 35.3 Å². The zero-order chi connectivity index (χ0) is 23.0. The van der Waals surface area contributed by atoms with Crippen molar-refractivity contribution in [3.63, 3.8) is 0 Å². The van der Waals surface area contributed by atoms with Gasteiger partial charge in [-0.2, -0.15) is 13.2 Å². The van der Waals surface area contributed by atoms with Crippen LogP contribution in [0.25, 0.3) is 0 Å². The van der Waals surface area contributed by atoms with E-state index in [1.54, 1.807) is 24.4 Å². The number of amides is 2. The van der Waals surface area contributed by atoms with Gasteiger partial charge in [0.25, 0.3) is 0 Å². The molecule has 4 rings (SSSR count). The lowest BCUT2D eigenvalue weighted by Crippen LogP contribution is -2.56. The van der Waals surface area contributed by atoms with E-state index in [0.29, 0.717) is 18.1 Å². The van der Waals surface area contributed by atoms with Gasteiger partial charge >= 0.3 is 12.2 Å². The fraction of sp³-hybridized carbons (Fsp3) is 0.429. The molecule has 2 aromatic rings. The highest BCUT2D eigenvalue weighted by Gasteiger charge is 2.40. The number of piperidine rings is 1. The smallest absolute Gasteiger partial charge is 0.366 e. The number of Topliss-reactive ketones (excluding diaryl/α,β-unsaturated/α-hetero) is 1. The van der Waals surface area contributed by atoms with Crippen LogP contribution < -0.4 is 15.1 Å². The summed E-state index contributed by atoms with van der Waals surface area (Å²) in [6.07, 6.45) is -1.98. The number of urea groups is 1. The maximum atomic E-state index is 13.2. The number of halogens is 4. The van der Waals surface area contributed by atoms with Crippen LogP contribution in [0.15, 0.2) is 34.9 Å². The van der Waals surface area contributed by atoms with Crippen molar-refractivity contribution < 1.29 is 22.8 Å². The minimum Gasteiger partial charge on any atom is -0.366 e. The fourth-order valence-corrected chi connectivity index (χ4v) is 4.32. The Kier molecular flexibility index (Phi) is 6.11. The number of fused-ring (bicyclic) bond motifs is 4. The van der Waals surface area contributed by atoms with E-state index in [2.05, 4.69) is 36.1 Å². The zero-order valence-corrected chi connectivity index (χ0v) is 18.8. The second-order valence-electron chi connectivity index (χ2n) is 8.01. The number of ketones is 1. The van der Waals surface area contributed by atoms with E-state index in [1.807, 2.05) is 0 Å². The lowest BCUT2D eigenvalue weighted by molar-refractivity contribution is -0.168. The Morgan fingerprint density at radius 3 is 2.81 bits per heavy atom. The van der Waals surface area contributed by atoms with Gasteiger partial charge < -0.3 is 4.90 Å². The fourth-order valence-electron chi connectivity index (χ4n) is 3.98. The SMILES string of the molecule is CC(CC(=O)c1ccc2c(n1)N(C(=O)Nc1cc(Br)ccn1)[C@H]1CCCN2C1)C(F)(F)F. The molecule has 2 aliphatic heterocycles. The van der Waals surface area contributed by atoms with Crippen LogP contribution in [0, 0.1) is 5.92 Å². The normalized spacial score (nSPS) is 18.7. The standard InChI is InChI=1S/C21H21BrF3N5O2/c1-12(21(23,24)25)9-17(31)15-4-5-16-19(27-15)30(14-3-2-8-29(16)11-14)20(32)28-18-10-13(22)6-7-26-18/h4-7,10,12,14H,2-3,8-9,11H2,1H3,(H,26,28,32)/t12?,14-/m0/s1. The average molecular weight is 512 g/mol. The average Bonchev–Trinajstić information content (AvgIpc) is 2.73. The van der Waals surface area contributed by atoms with Crippen LogP contribution >= 0.6 is 15.9 Å². The summed E-state index contributed by atoms with van der Waals surface area (Å²) in [6, 6.07) is 5.85. The van der Waals surface area contributed by atoms with E-state index in [0.717, 1.165) is 30.8 Å². The summed E-state index contributed by atoms with van der Waals surface area (Å²) in [4.78, 5) is 37.8. The van der Waals surface area contributed by atoms with E-state index in [9.17, 15) is 22.8 Å². The number of nitrogens with zero attached hydrogens (tertiary/aromatic N) is 4. The first-order valence-electron chi connectivity index (χ1n) is 10.2. The molecule has 0 aromatic carbocycles. The maximum absolute atomic E-state index is 13.2. The molecule has 1 saturated heterocycles. The summed E-state index contributed by atoms with van der Waals surface area (Å²) in [5.41, 5.74) is 0.595. The number of aromatic nitrogens is 2. The minimum absolute atomic E-state index is 0.0839. The van der Waals surface area contributed by atoms with Gasteiger partial charge in [0.15, 0.2) is 11.6 Å². The molecule has 11 heteroatoms. The molecule has 1 fully saturated rings. The van der Waals surface area contributed by atoms with Crippen molar-refractivity contribution in [3.05, 3.63) is 40.6 Å². The third-order valence-corrected chi connectivity index (χ3v) is 6.19. The van der Waals surface area contributed by atoms with E-state index in [1.165, 1.54) is 11.0 Å². The predicted molar refractivity (Wildman–Crippen MR) is 117 cm³/mol. The van der Waals surface area contributed by atoms with Crippen LogP contribution in [-0.2, 0) is 0 Å². The highest BCUT2D eigenvalue weighted by Crippen LogP contribution is 2.39. The Hall–Kier alpha value is -2.69. The van der Waals surface area contributed by atoms with Gasteiger partial charge in [0, 0.05) is 30.2 Å². The zero-order valence-electron chi connectivity index (χ0n) is 17.2. The molecular weight excluding hydrogens is 491 g/mol. The molecule has 170 valence electrons. The first kappa shape index (κ1) is 22.5. The molecule has 2 atom stereocenters. The summed E-state index contributed by atoms with van der Waals surface area (Å²) in [5, 5.41) is 2.75. The van der Waals surface area contributed by atoms with Crippen molar-refractivity contribution >= 4 is 45.1 Å². The van der Waals surface area contributed by atoms with E-state index in [-0.39, 0.29) is 17.6 Å². The first-order chi connectivity index (χ1) is 15.1. The Balaban J connectivity index is 1.65. The topological polar surface area (TPSA) is 78.4 Å². The predicted octanol–water partition coefficient (Wildman–Crippen LogP) is 5.03. The highest BCUT2D eigenvalue weighted by atomic mass is 79.9. The van der Waals surface area contributed by atoms with Crippen molar-refractivity contribution in [3.8, 4) is 0 Å². The second-order valence-corrected chi connectivity index (χ2v) is 8.93. The number of carbonyl (C=O) groups is 2. The quantitative estimate of drug-likeness (QED) is 0.582. The largest absolute Gasteiger partial charge is 0.391 e. The second kappa shape index (κ2) is 8.68. The summed E-state index contributed by atoms with van der Waals surface area (Å²) >= 11 is 3.33. The van der Waals surface area contributed by atoms with Crippen molar-refractivity contribution in [1.29, 1.82) is 0 Å². The molecule has 1 unspecified atom stereocenters. The number of carbonyl (C=O) groups excluding carboxylic acids is 2. The molecule has 2 aromatic heterocycles. The summed E-state index contributed by atoms with van der Waals surface area (Å²) in [5.74, 6) is -1.87. The number of rotatable bonds is 4. The molecule has 0 saturated carbocycles. The number of hydrogen-bond acceptors (Lipinski definition) is 5. The summed E-state index contributed by atoms with van der Waals surface area (Å²) in [7, 11) is 0. The van der Waals surface area contributed by atoms with Gasteiger partial charge in [-0.15, -0.1) is 0 Å². The highest BCUT2D eigenvalue weighted by molar-refractivity contribution is 9.10. The van der Waals surface area contributed by atoms with Crippen LogP contribution in [-0.4, -0.2) is 47.1 Å². The van der Waals surface area contributed by atoms with Gasteiger partial charge in [-0.25, -0.2) is 14.8 Å². The minimum atomic E-state index is -4.46. The lowest BCUT2D eigenvalue weighted by Gasteiger charge is -2.45. The third kappa shape index (κ3) is 4.57. The Bertz CT molecular complexity index is 1050. The number of pyridine rings is 2. The Morgan fingerprint density at radius 2 is 2.09 bits per heavy atom.